The monoisotopic (exact) mass is 307 g/mol. The highest BCUT2D eigenvalue weighted by Crippen LogP contribution is 2.30. The zero-order valence-electron chi connectivity index (χ0n) is 12.9. The van der Waals surface area contributed by atoms with Gasteiger partial charge in [-0.05, 0) is 23.8 Å². The van der Waals surface area contributed by atoms with Gasteiger partial charge in [-0.25, -0.2) is 0 Å². The molecule has 0 atom stereocenters. The van der Waals surface area contributed by atoms with Crippen molar-refractivity contribution in [2.24, 2.45) is 0 Å². The summed E-state index contributed by atoms with van der Waals surface area (Å²) in [4.78, 5) is 31.8. The van der Waals surface area contributed by atoms with Gasteiger partial charge in [0.15, 0.2) is 0 Å². The molecule has 1 aliphatic rings. The molecule has 0 radical (unpaired) electrons. The van der Waals surface area contributed by atoms with Crippen LogP contribution in [0.5, 0.6) is 0 Å². The van der Waals surface area contributed by atoms with Crippen LogP contribution in [0.2, 0.25) is 0 Å². The van der Waals surface area contributed by atoms with Crippen LogP contribution in [0, 0.1) is 0 Å². The molecule has 1 aromatic heterocycles. The highest BCUT2D eigenvalue weighted by atomic mass is 16.2. The largest absolute Gasteiger partial charge is 0.340 e. The van der Waals surface area contributed by atoms with Crippen molar-refractivity contribution in [2.45, 2.75) is 6.54 Å². The second-order valence-corrected chi connectivity index (χ2v) is 5.49. The fraction of sp³-hybridized carbons (Fsp3) is 0.167. The van der Waals surface area contributed by atoms with Gasteiger partial charge in [-0.15, -0.1) is 0 Å². The molecule has 116 valence electrons. The molecule has 0 bridgehead atoms. The Morgan fingerprint density at radius 2 is 1.83 bits per heavy atom. The summed E-state index contributed by atoms with van der Waals surface area (Å²) in [6.45, 7) is 4.42. The number of aromatic nitrogens is 1. The first-order valence-electron chi connectivity index (χ1n) is 7.31. The molecule has 1 aliphatic heterocycles. The Bertz CT molecular complexity index is 736. The summed E-state index contributed by atoms with van der Waals surface area (Å²) in [5.41, 5.74) is 2.96. The molecule has 23 heavy (non-hydrogen) atoms. The Kier molecular flexibility index (Phi) is 3.93. The maximum absolute atomic E-state index is 12.4. The van der Waals surface area contributed by atoms with Gasteiger partial charge in [-0.2, -0.15) is 0 Å². The Labute approximate surface area is 134 Å². The van der Waals surface area contributed by atoms with Gasteiger partial charge in [-0.1, -0.05) is 24.8 Å². The van der Waals surface area contributed by atoms with E-state index in [1.165, 1.54) is 4.90 Å². The van der Waals surface area contributed by atoms with E-state index in [0.717, 1.165) is 11.1 Å². The predicted molar refractivity (Wildman–Crippen MR) is 87.2 cm³/mol. The predicted octanol–water partition coefficient (Wildman–Crippen LogP) is 2.17. The highest BCUT2D eigenvalue weighted by molar-refractivity contribution is 6.10. The van der Waals surface area contributed by atoms with Crippen LogP contribution in [-0.4, -0.2) is 40.2 Å². The minimum absolute atomic E-state index is 0.00602. The van der Waals surface area contributed by atoms with Crippen molar-refractivity contribution in [2.75, 3.05) is 13.6 Å². The van der Waals surface area contributed by atoms with Crippen LogP contribution < -0.4 is 0 Å². The van der Waals surface area contributed by atoms with E-state index in [4.69, 9.17) is 0 Å². The smallest absolute Gasteiger partial charge is 0.259 e. The lowest BCUT2D eigenvalue weighted by Gasteiger charge is -2.22. The van der Waals surface area contributed by atoms with Crippen LogP contribution in [-0.2, 0) is 11.3 Å². The summed E-state index contributed by atoms with van der Waals surface area (Å²) in [6, 6.07) is 11.0. The summed E-state index contributed by atoms with van der Waals surface area (Å²) in [5, 5.41) is 0. The maximum atomic E-state index is 12.4. The SMILES string of the molecule is C=C1c2ccccc2C(=O)N1CC(=O)N(C)Cc1ccncc1. The molecule has 2 heterocycles. The second kappa shape index (κ2) is 6.04. The number of carbonyl (C=O) groups is 2. The summed E-state index contributed by atoms with van der Waals surface area (Å²) < 4.78 is 0. The summed E-state index contributed by atoms with van der Waals surface area (Å²) in [5.74, 6) is -0.305. The van der Waals surface area contributed by atoms with Crippen molar-refractivity contribution < 1.29 is 9.59 Å². The Morgan fingerprint density at radius 3 is 2.48 bits per heavy atom. The first kappa shape index (κ1) is 15.0. The van der Waals surface area contributed by atoms with Crippen LogP contribution in [0.15, 0.2) is 55.4 Å². The van der Waals surface area contributed by atoms with E-state index in [0.29, 0.717) is 17.8 Å². The van der Waals surface area contributed by atoms with E-state index >= 15 is 0 Å². The molecule has 0 saturated carbocycles. The molecule has 0 N–H and O–H groups in total. The van der Waals surface area contributed by atoms with Gasteiger partial charge in [0.1, 0.15) is 6.54 Å². The van der Waals surface area contributed by atoms with Gasteiger partial charge < -0.3 is 4.90 Å². The molecule has 5 nitrogen and oxygen atoms in total. The van der Waals surface area contributed by atoms with E-state index in [1.807, 2.05) is 30.3 Å². The average Bonchev–Trinajstić information content (AvgIpc) is 2.81. The van der Waals surface area contributed by atoms with Gasteiger partial charge >= 0.3 is 0 Å². The van der Waals surface area contributed by atoms with Crippen LogP contribution in [0.25, 0.3) is 5.70 Å². The molecule has 2 aromatic rings. The van der Waals surface area contributed by atoms with Gasteiger partial charge in [0.25, 0.3) is 5.91 Å². The zero-order valence-corrected chi connectivity index (χ0v) is 12.9. The number of nitrogens with zero attached hydrogens (tertiary/aromatic N) is 3. The van der Waals surface area contributed by atoms with Crippen molar-refractivity contribution in [3.05, 3.63) is 72.1 Å². The molecule has 5 heteroatoms. The lowest BCUT2D eigenvalue weighted by atomic mass is 10.1. The van der Waals surface area contributed by atoms with Crippen molar-refractivity contribution in [3.63, 3.8) is 0 Å². The maximum Gasteiger partial charge on any atom is 0.259 e. The van der Waals surface area contributed by atoms with Gasteiger partial charge in [-0.3, -0.25) is 19.5 Å². The molecule has 0 unspecified atom stereocenters. The number of amides is 2. The lowest BCUT2D eigenvalue weighted by molar-refractivity contribution is -0.130. The minimum Gasteiger partial charge on any atom is -0.340 e. The molecule has 0 fully saturated rings. The van der Waals surface area contributed by atoms with Gasteiger partial charge in [0.2, 0.25) is 5.91 Å². The minimum atomic E-state index is -0.170. The lowest BCUT2D eigenvalue weighted by Crippen LogP contribution is -2.37. The summed E-state index contributed by atoms with van der Waals surface area (Å²) in [6.07, 6.45) is 3.38. The first-order chi connectivity index (χ1) is 11.1. The molecular formula is C18H17N3O2. The van der Waals surface area contributed by atoms with E-state index in [1.54, 1.807) is 30.4 Å². The number of hydrogen-bond donors (Lipinski definition) is 0. The number of pyridine rings is 1. The van der Waals surface area contributed by atoms with Crippen molar-refractivity contribution in [3.8, 4) is 0 Å². The number of hydrogen-bond acceptors (Lipinski definition) is 3. The number of rotatable bonds is 4. The summed E-state index contributed by atoms with van der Waals surface area (Å²) in [7, 11) is 1.72. The number of fused-ring (bicyclic) bond motifs is 1. The molecule has 0 aliphatic carbocycles. The van der Waals surface area contributed by atoms with E-state index in [2.05, 4.69) is 11.6 Å². The molecular weight excluding hydrogens is 290 g/mol. The van der Waals surface area contributed by atoms with Crippen molar-refractivity contribution >= 4 is 17.5 Å². The number of carbonyl (C=O) groups excluding carboxylic acids is 2. The van der Waals surface area contributed by atoms with Crippen LogP contribution in [0.4, 0.5) is 0 Å². The molecule has 0 saturated heterocycles. The van der Waals surface area contributed by atoms with Gasteiger partial charge in [0.05, 0.1) is 0 Å². The fourth-order valence-corrected chi connectivity index (χ4v) is 2.61. The number of benzene rings is 1. The van der Waals surface area contributed by atoms with E-state index in [-0.39, 0.29) is 18.4 Å². The fourth-order valence-electron chi connectivity index (χ4n) is 2.61. The van der Waals surface area contributed by atoms with Crippen molar-refractivity contribution in [1.82, 2.24) is 14.8 Å². The van der Waals surface area contributed by atoms with Crippen LogP contribution >= 0.6 is 0 Å². The third-order valence-electron chi connectivity index (χ3n) is 3.93. The van der Waals surface area contributed by atoms with Gasteiger partial charge in [0, 0.05) is 42.8 Å². The van der Waals surface area contributed by atoms with Crippen LogP contribution in [0.3, 0.4) is 0 Å². The normalized spacial score (nSPS) is 13.2. The Morgan fingerprint density at radius 1 is 1.17 bits per heavy atom. The topological polar surface area (TPSA) is 53.5 Å². The first-order valence-corrected chi connectivity index (χ1v) is 7.31. The molecule has 2 amide bonds. The standard InChI is InChI=1S/C18H17N3O2/c1-13-15-5-3-4-6-16(15)18(23)21(13)12-17(22)20(2)11-14-7-9-19-10-8-14/h3-10H,1,11-12H2,2H3. The molecule has 1 aromatic carbocycles. The highest BCUT2D eigenvalue weighted by Gasteiger charge is 2.32. The second-order valence-electron chi connectivity index (χ2n) is 5.49. The molecule has 0 spiro atoms. The summed E-state index contributed by atoms with van der Waals surface area (Å²) >= 11 is 0. The van der Waals surface area contributed by atoms with E-state index < -0.39 is 0 Å². The van der Waals surface area contributed by atoms with Crippen LogP contribution in [0.1, 0.15) is 21.5 Å². The zero-order chi connectivity index (χ0) is 16.4. The van der Waals surface area contributed by atoms with E-state index in [9.17, 15) is 9.59 Å². The van der Waals surface area contributed by atoms with Crippen molar-refractivity contribution in [1.29, 1.82) is 0 Å². The Balaban J connectivity index is 1.69. The average molecular weight is 307 g/mol. The third kappa shape index (κ3) is 2.85. The molecule has 3 rings (SSSR count). The Hall–Kier alpha value is -2.95. The number of likely N-dealkylation sites (N-methyl/N-ethyl adjacent to an activating group) is 1. The quantitative estimate of drug-likeness (QED) is 0.870. The third-order valence-corrected chi connectivity index (χ3v) is 3.93.